The van der Waals surface area contributed by atoms with E-state index >= 15 is 0 Å². The molecule has 1 atom stereocenters. The topological polar surface area (TPSA) is 58.6 Å². The summed E-state index contributed by atoms with van der Waals surface area (Å²) < 4.78 is 4.49. The number of aliphatic hydroxyl groups is 1. The van der Waals surface area contributed by atoms with Crippen LogP contribution in [0.5, 0.6) is 0 Å². The first kappa shape index (κ1) is 13.5. The number of methoxy groups -OCH3 is 1. The van der Waals surface area contributed by atoms with E-state index in [1.54, 1.807) is 0 Å². The molecule has 0 heterocycles. The van der Waals surface area contributed by atoms with Crippen LogP contribution in [0.25, 0.3) is 0 Å². The Bertz CT molecular complexity index is 390. The molecule has 1 unspecified atom stereocenters. The lowest BCUT2D eigenvalue weighted by Crippen LogP contribution is -2.23. The Labute approximate surface area is 102 Å². The second kappa shape index (κ2) is 6.25. The normalized spacial score (nSPS) is 12.0. The minimum absolute atomic E-state index is 0.00830. The van der Waals surface area contributed by atoms with Crippen molar-refractivity contribution in [3.05, 3.63) is 29.3 Å². The number of benzene rings is 1. The van der Waals surface area contributed by atoms with Gasteiger partial charge in [0.25, 0.3) is 0 Å². The molecule has 0 amide bonds. The molecule has 1 aromatic rings. The van der Waals surface area contributed by atoms with Gasteiger partial charge in [0.2, 0.25) is 0 Å². The van der Waals surface area contributed by atoms with Gasteiger partial charge in [-0.1, -0.05) is 12.1 Å². The lowest BCUT2D eigenvalue weighted by molar-refractivity contribution is -0.142. The largest absolute Gasteiger partial charge is 0.469 e. The SMILES string of the molecule is COC(=O)CC(O)CNc1cccc(C)c1C. The number of hydrogen-bond donors (Lipinski definition) is 2. The highest BCUT2D eigenvalue weighted by Crippen LogP contribution is 2.17. The first-order chi connectivity index (χ1) is 8.04. The Hall–Kier alpha value is -1.55. The number of aryl methyl sites for hydroxylation is 1. The highest BCUT2D eigenvalue weighted by atomic mass is 16.5. The van der Waals surface area contributed by atoms with Crippen molar-refractivity contribution in [1.29, 1.82) is 0 Å². The van der Waals surface area contributed by atoms with Gasteiger partial charge in [0.1, 0.15) is 0 Å². The lowest BCUT2D eigenvalue weighted by atomic mass is 10.1. The number of aliphatic hydroxyl groups excluding tert-OH is 1. The third kappa shape index (κ3) is 4.07. The van der Waals surface area contributed by atoms with Gasteiger partial charge in [0.15, 0.2) is 0 Å². The average molecular weight is 237 g/mol. The highest BCUT2D eigenvalue weighted by Gasteiger charge is 2.11. The number of anilines is 1. The smallest absolute Gasteiger partial charge is 0.308 e. The summed E-state index contributed by atoms with van der Waals surface area (Å²) in [7, 11) is 1.31. The molecule has 2 N–H and O–H groups in total. The molecule has 0 saturated heterocycles. The molecular weight excluding hydrogens is 218 g/mol. The summed E-state index contributed by atoms with van der Waals surface area (Å²) in [6, 6.07) is 5.94. The molecule has 0 saturated carbocycles. The summed E-state index contributed by atoms with van der Waals surface area (Å²) >= 11 is 0. The Morgan fingerprint density at radius 2 is 2.18 bits per heavy atom. The van der Waals surface area contributed by atoms with Crippen molar-refractivity contribution in [3.8, 4) is 0 Å². The maximum atomic E-state index is 10.9. The van der Waals surface area contributed by atoms with Crippen molar-refractivity contribution in [2.24, 2.45) is 0 Å². The Morgan fingerprint density at radius 3 is 2.82 bits per heavy atom. The summed E-state index contributed by atoms with van der Waals surface area (Å²) in [5.41, 5.74) is 3.32. The van der Waals surface area contributed by atoms with E-state index in [4.69, 9.17) is 0 Å². The summed E-state index contributed by atoms with van der Waals surface area (Å²) in [5, 5.41) is 12.7. The minimum atomic E-state index is -0.734. The highest BCUT2D eigenvalue weighted by molar-refractivity contribution is 5.69. The van der Waals surface area contributed by atoms with Crippen molar-refractivity contribution in [3.63, 3.8) is 0 Å². The van der Waals surface area contributed by atoms with Crippen LogP contribution in [0.2, 0.25) is 0 Å². The van der Waals surface area contributed by atoms with E-state index in [1.165, 1.54) is 12.7 Å². The van der Waals surface area contributed by atoms with Crippen LogP contribution in [0.15, 0.2) is 18.2 Å². The molecule has 0 radical (unpaired) electrons. The molecule has 1 aromatic carbocycles. The third-order valence-corrected chi connectivity index (χ3v) is 2.76. The van der Waals surface area contributed by atoms with E-state index in [0.717, 1.165) is 11.3 Å². The molecule has 17 heavy (non-hydrogen) atoms. The fourth-order valence-corrected chi connectivity index (χ4v) is 1.52. The Balaban J connectivity index is 2.50. The average Bonchev–Trinajstić information content (AvgIpc) is 2.31. The molecular formula is C13H19NO3. The van der Waals surface area contributed by atoms with Crippen LogP contribution in [0.4, 0.5) is 5.69 Å². The van der Waals surface area contributed by atoms with Crippen LogP contribution in [0.3, 0.4) is 0 Å². The number of rotatable bonds is 5. The van der Waals surface area contributed by atoms with E-state index in [9.17, 15) is 9.90 Å². The van der Waals surface area contributed by atoms with Crippen LogP contribution in [0.1, 0.15) is 17.5 Å². The van der Waals surface area contributed by atoms with Crippen LogP contribution in [-0.4, -0.2) is 30.8 Å². The van der Waals surface area contributed by atoms with Gasteiger partial charge in [-0.3, -0.25) is 4.79 Å². The van der Waals surface area contributed by atoms with E-state index in [2.05, 4.69) is 10.1 Å². The molecule has 0 spiro atoms. The van der Waals surface area contributed by atoms with Gasteiger partial charge >= 0.3 is 5.97 Å². The first-order valence-corrected chi connectivity index (χ1v) is 5.59. The number of hydrogen-bond acceptors (Lipinski definition) is 4. The standard InChI is InChI=1S/C13H19NO3/c1-9-5-4-6-12(10(9)2)14-8-11(15)7-13(16)17-3/h4-6,11,14-15H,7-8H2,1-3H3. The quantitative estimate of drug-likeness (QED) is 0.764. The number of ether oxygens (including phenoxy) is 1. The van der Waals surface area contributed by atoms with Crippen LogP contribution >= 0.6 is 0 Å². The van der Waals surface area contributed by atoms with Crippen molar-refractivity contribution >= 4 is 11.7 Å². The van der Waals surface area contributed by atoms with Crippen LogP contribution in [0, 0.1) is 13.8 Å². The van der Waals surface area contributed by atoms with Gasteiger partial charge in [-0.2, -0.15) is 0 Å². The molecule has 0 bridgehead atoms. The summed E-state index contributed by atoms with van der Waals surface area (Å²) in [6.45, 7) is 4.38. The van der Waals surface area contributed by atoms with Gasteiger partial charge in [-0.05, 0) is 31.0 Å². The molecule has 4 heteroatoms. The fourth-order valence-electron chi connectivity index (χ4n) is 1.52. The van der Waals surface area contributed by atoms with Gasteiger partial charge in [-0.15, -0.1) is 0 Å². The van der Waals surface area contributed by atoms with E-state index in [0.29, 0.717) is 6.54 Å². The summed E-state index contributed by atoms with van der Waals surface area (Å²) in [6.07, 6.45) is -0.726. The molecule has 0 aliphatic carbocycles. The zero-order chi connectivity index (χ0) is 12.8. The number of carbonyl (C=O) groups excluding carboxylic acids is 1. The number of carbonyl (C=O) groups is 1. The monoisotopic (exact) mass is 237 g/mol. The van der Waals surface area contributed by atoms with Crippen molar-refractivity contribution < 1.29 is 14.6 Å². The van der Waals surface area contributed by atoms with E-state index in [-0.39, 0.29) is 6.42 Å². The molecule has 0 fully saturated rings. The summed E-state index contributed by atoms with van der Waals surface area (Å²) in [4.78, 5) is 10.9. The van der Waals surface area contributed by atoms with Gasteiger partial charge < -0.3 is 15.2 Å². The van der Waals surface area contributed by atoms with E-state index in [1.807, 2.05) is 32.0 Å². The molecule has 4 nitrogen and oxygen atoms in total. The van der Waals surface area contributed by atoms with Gasteiger partial charge in [0.05, 0.1) is 19.6 Å². The Kier molecular flexibility index (Phi) is 4.97. The molecule has 1 rings (SSSR count). The van der Waals surface area contributed by atoms with Crippen molar-refractivity contribution in [2.45, 2.75) is 26.4 Å². The maximum absolute atomic E-state index is 10.9. The number of esters is 1. The molecule has 0 aliphatic rings. The molecule has 94 valence electrons. The van der Waals surface area contributed by atoms with Crippen molar-refractivity contribution in [1.82, 2.24) is 0 Å². The fraction of sp³-hybridized carbons (Fsp3) is 0.462. The lowest BCUT2D eigenvalue weighted by Gasteiger charge is -2.14. The van der Waals surface area contributed by atoms with Gasteiger partial charge in [0, 0.05) is 12.2 Å². The predicted molar refractivity (Wildman–Crippen MR) is 67.0 cm³/mol. The second-order valence-corrected chi connectivity index (χ2v) is 4.06. The Morgan fingerprint density at radius 1 is 1.47 bits per heavy atom. The van der Waals surface area contributed by atoms with Crippen LogP contribution in [-0.2, 0) is 9.53 Å². The zero-order valence-electron chi connectivity index (χ0n) is 10.5. The van der Waals surface area contributed by atoms with E-state index < -0.39 is 12.1 Å². The first-order valence-electron chi connectivity index (χ1n) is 5.59. The number of nitrogens with one attached hydrogen (secondary N) is 1. The predicted octanol–water partition coefficient (Wildman–Crippen LogP) is 1.64. The van der Waals surface area contributed by atoms with Crippen LogP contribution < -0.4 is 5.32 Å². The zero-order valence-corrected chi connectivity index (χ0v) is 10.5. The molecule has 0 aromatic heterocycles. The minimum Gasteiger partial charge on any atom is -0.469 e. The van der Waals surface area contributed by atoms with Gasteiger partial charge in [-0.25, -0.2) is 0 Å². The van der Waals surface area contributed by atoms with Crippen molar-refractivity contribution in [2.75, 3.05) is 19.0 Å². The summed E-state index contributed by atoms with van der Waals surface area (Å²) in [5.74, 6) is -0.403. The molecule has 0 aliphatic heterocycles. The second-order valence-electron chi connectivity index (χ2n) is 4.06. The maximum Gasteiger partial charge on any atom is 0.308 e. The third-order valence-electron chi connectivity index (χ3n) is 2.76.